The maximum atomic E-state index is 12.2. The molecule has 0 radical (unpaired) electrons. The van der Waals surface area contributed by atoms with Crippen molar-refractivity contribution in [2.45, 2.75) is 38.6 Å². The SMILES string of the molecule is CCc1cccc(OCC(=O)N(CCO)C2CCC2)c1. The van der Waals surface area contributed by atoms with Crippen molar-refractivity contribution in [1.29, 1.82) is 0 Å². The Balaban J connectivity index is 1.89. The molecule has 110 valence electrons. The molecule has 1 amide bonds. The fourth-order valence-corrected chi connectivity index (χ4v) is 2.40. The van der Waals surface area contributed by atoms with Crippen LogP contribution in [0.3, 0.4) is 0 Å². The number of aryl methyl sites for hydroxylation is 1. The van der Waals surface area contributed by atoms with Gasteiger partial charge in [0.15, 0.2) is 6.61 Å². The lowest BCUT2D eigenvalue weighted by Crippen LogP contribution is -2.47. The van der Waals surface area contributed by atoms with Crippen LogP contribution in [-0.4, -0.2) is 41.7 Å². The molecular weight excluding hydrogens is 254 g/mol. The summed E-state index contributed by atoms with van der Waals surface area (Å²) in [5.74, 6) is 0.695. The lowest BCUT2D eigenvalue weighted by Gasteiger charge is -2.37. The van der Waals surface area contributed by atoms with E-state index in [1.807, 2.05) is 24.3 Å². The van der Waals surface area contributed by atoms with Gasteiger partial charge in [0.1, 0.15) is 5.75 Å². The molecule has 1 aliphatic rings. The molecule has 0 saturated heterocycles. The molecule has 1 aromatic rings. The predicted molar refractivity (Wildman–Crippen MR) is 77.8 cm³/mol. The topological polar surface area (TPSA) is 49.8 Å². The minimum atomic E-state index is -0.0364. The fourth-order valence-electron chi connectivity index (χ4n) is 2.40. The van der Waals surface area contributed by atoms with E-state index >= 15 is 0 Å². The molecule has 1 aliphatic carbocycles. The zero-order valence-corrected chi connectivity index (χ0v) is 12.0. The van der Waals surface area contributed by atoms with Crippen LogP contribution in [0.15, 0.2) is 24.3 Å². The summed E-state index contributed by atoms with van der Waals surface area (Å²) >= 11 is 0. The van der Waals surface area contributed by atoms with E-state index in [1.54, 1.807) is 4.90 Å². The number of ether oxygens (including phenoxy) is 1. The molecule has 0 unspecified atom stereocenters. The molecule has 0 bridgehead atoms. The maximum absolute atomic E-state index is 12.2. The Morgan fingerprint density at radius 1 is 1.45 bits per heavy atom. The van der Waals surface area contributed by atoms with Crippen LogP contribution in [0.25, 0.3) is 0 Å². The van der Waals surface area contributed by atoms with E-state index in [2.05, 4.69) is 6.92 Å². The van der Waals surface area contributed by atoms with Crippen molar-refractivity contribution in [3.05, 3.63) is 29.8 Å². The Morgan fingerprint density at radius 3 is 2.85 bits per heavy atom. The first kappa shape index (κ1) is 14.9. The van der Waals surface area contributed by atoms with Crippen LogP contribution in [-0.2, 0) is 11.2 Å². The molecule has 4 nitrogen and oxygen atoms in total. The zero-order chi connectivity index (χ0) is 14.4. The molecule has 0 aliphatic heterocycles. The number of benzene rings is 1. The molecule has 1 saturated carbocycles. The molecule has 2 rings (SSSR count). The van der Waals surface area contributed by atoms with Crippen LogP contribution in [0.5, 0.6) is 5.75 Å². The number of aliphatic hydroxyl groups excluding tert-OH is 1. The number of carbonyl (C=O) groups is 1. The Kier molecular flexibility index (Phi) is 5.41. The molecule has 4 heteroatoms. The first-order chi connectivity index (χ1) is 9.74. The molecule has 0 atom stereocenters. The second-order valence-corrected chi connectivity index (χ2v) is 5.19. The smallest absolute Gasteiger partial charge is 0.260 e. The lowest BCUT2D eigenvalue weighted by atomic mass is 9.91. The Hall–Kier alpha value is -1.55. The third-order valence-corrected chi connectivity index (χ3v) is 3.85. The van der Waals surface area contributed by atoms with E-state index in [9.17, 15) is 4.79 Å². The molecule has 1 N–H and O–H groups in total. The van der Waals surface area contributed by atoms with E-state index in [4.69, 9.17) is 9.84 Å². The summed E-state index contributed by atoms with van der Waals surface area (Å²) in [4.78, 5) is 13.9. The summed E-state index contributed by atoms with van der Waals surface area (Å²) < 4.78 is 5.58. The van der Waals surface area contributed by atoms with Crippen molar-refractivity contribution in [3.63, 3.8) is 0 Å². The average Bonchev–Trinajstić information content (AvgIpc) is 2.42. The Labute approximate surface area is 120 Å². The van der Waals surface area contributed by atoms with Gasteiger partial charge in [-0.1, -0.05) is 19.1 Å². The van der Waals surface area contributed by atoms with Gasteiger partial charge in [-0.2, -0.15) is 0 Å². The van der Waals surface area contributed by atoms with E-state index in [0.29, 0.717) is 12.6 Å². The second kappa shape index (κ2) is 7.29. The molecule has 0 aromatic heterocycles. The monoisotopic (exact) mass is 277 g/mol. The molecule has 1 fully saturated rings. The highest BCUT2D eigenvalue weighted by Gasteiger charge is 2.28. The quantitative estimate of drug-likeness (QED) is 0.829. The van der Waals surface area contributed by atoms with Crippen LogP contribution >= 0.6 is 0 Å². The number of rotatable bonds is 7. The molecular formula is C16H23NO3. The van der Waals surface area contributed by atoms with Gasteiger partial charge < -0.3 is 14.7 Å². The number of aliphatic hydroxyl groups is 1. The van der Waals surface area contributed by atoms with Crippen LogP contribution in [0, 0.1) is 0 Å². The highest BCUT2D eigenvalue weighted by molar-refractivity contribution is 5.78. The third kappa shape index (κ3) is 3.73. The van der Waals surface area contributed by atoms with E-state index in [-0.39, 0.29) is 19.1 Å². The van der Waals surface area contributed by atoms with Crippen molar-refractivity contribution in [1.82, 2.24) is 4.90 Å². The summed E-state index contributed by atoms with van der Waals surface area (Å²) in [6.45, 7) is 2.54. The zero-order valence-electron chi connectivity index (χ0n) is 12.0. The summed E-state index contributed by atoms with van der Waals surface area (Å²) in [6.07, 6.45) is 4.19. The molecule has 0 heterocycles. The fraction of sp³-hybridized carbons (Fsp3) is 0.562. The summed E-state index contributed by atoms with van der Waals surface area (Å²) in [7, 11) is 0. The van der Waals surface area contributed by atoms with Gasteiger partial charge in [-0.15, -0.1) is 0 Å². The van der Waals surface area contributed by atoms with Crippen molar-refractivity contribution < 1.29 is 14.6 Å². The Bertz CT molecular complexity index is 443. The van der Waals surface area contributed by atoms with Gasteiger partial charge in [0.05, 0.1) is 6.61 Å². The van der Waals surface area contributed by atoms with Gasteiger partial charge in [0, 0.05) is 12.6 Å². The number of carbonyl (C=O) groups excluding carboxylic acids is 1. The largest absolute Gasteiger partial charge is 0.484 e. The van der Waals surface area contributed by atoms with Gasteiger partial charge in [-0.25, -0.2) is 0 Å². The molecule has 0 spiro atoms. The van der Waals surface area contributed by atoms with Gasteiger partial charge >= 0.3 is 0 Å². The number of hydrogen-bond acceptors (Lipinski definition) is 3. The van der Waals surface area contributed by atoms with Gasteiger partial charge in [-0.05, 0) is 43.4 Å². The highest BCUT2D eigenvalue weighted by Crippen LogP contribution is 2.24. The second-order valence-electron chi connectivity index (χ2n) is 5.19. The summed E-state index contributed by atoms with van der Waals surface area (Å²) in [6, 6.07) is 8.11. The minimum absolute atomic E-state index is 0.00750. The predicted octanol–water partition coefficient (Wildman–Crippen LogP) is 2.00. The maximum Gasteiger partial charge on any atom is 0.260 e. The van der Waals surface area contributed by atoms with E-state index < -0.39 is 0 Å². The van der Waals surface area contributed by atoms with Crippen LogP contribution in [0.4, 0.5) is 0 Å². The van der Waals surface area contributed by atoms with Gasteiger partial charge in [0.25, 0.3) is 5.91 Å². The van der Waals surface area contributed by atoms with Crippen molar-refractivity contribution >= 4 is 5.91 Å². The normalized spacial score (nSPS) is 14.7. The number of nitrogens with zero attached hydrogens (tertiary/aromatic N) is 1. The standard InChI is InChI=1S/C16H23NO3/c1-2-13-5-3-8-15(11-13)20-12-16(19)17(9-10-18)14-6-4-7-14/h3,5,8,11,14,18H,2,4,6-7,9-10,12H2,1H3. The summed E-state index contributed by atoms with van der Waals surface area (Å²) in [5, 5.41) is 9.07. The number of hydrogen-bond donors (Lipinski definition) is 1. The number of amides is 1. The molecule has 20 heavy (non-hydrogen) atoms. The van der Waals surface area contributed by atoms with E-state index in [0.717, 1.165) is 25.0 Å². The molecule has 1 aromatic carbocycles. The van der Waals surface area contributed by atoms with E-state index in [1.165, 1.54) is 12.0 Å². The highest BCUT2D eigenvalue weighted by atomic mass is 16.5. The lowest BCUT2D eigenvalue weighted by molar-refractivity contribution is -0.138. The average molecular weight is 277 g/mol. The van der Waals surface area contributed by atoms with Crippen molar-refractivity contribution in [2.75, 3.05) is 19.8 Å². The first-order valence-corrected chi connectivity index (χ1v) is 7.36. The van der Waals surface area contributed by atoms with Crippen LogP contribution in [0.1, 0.15) is 31.7 Å². The van der Waals surface area contributed by atoms with Gasteiger partial charge in [0.2, 0.25) is 0 Å². The minimum Gasteiger partial charge on any atom is -0.484 e. The van der Waals surface area contributed by atoms with Crippen LogP contribution in [0.2, 0.25) is 0 Å². The third-order valence-electron chi connectivity index (χ3n) is 3.85. The van der Waals surface area contributed by atoms with Crippen molar-refractivity contribution in [2.24, 2.45) is 0 Å². The van der Waals surface area contributed by atoms with Gasteiger partial charge in [-0.3, -0.25) is 4.79 Å². The van der Waals surface area contributed by atoms with Crippen molar-refractivity contribution in [3.8, 4) is 5.75 Å². The van der Waals surface area contributed by atoms with Crippen LogP contribution < -0.4 is 4.74 Å². The Morgan fingerprint density at radius 2 is 2.25 bits per heavy atom. The summed E-state index contributed by atoms with van der Waals surface area (Å²) in [5.41, 5.74) is 1.20. The first-order valence-electron chi connectivity index (χ1n) is 7.36.